The molecule has 1 heterocycles. The number of aliphatic hydroxyl groups excluding tert-OH is 2. The average molecular weight is 1100 g/mol. The Morgan fingerprint density at radius 3 is 2.39 bits per heavy atom. The summed E-state index contributed by atoms with van der Waals surface area (Å²) >= 11 is 0. The number of unbranched alkanes of at least 4 members (excludes halogenated alkanes) is 4. The molecule has 17 heteroatoms. The molecule has 0 bridgehead atoms. The summed E-state index contributed by atoms with van der Waals surface area (Å²) in [6.45, 7) is 10.8. The number of ketones is 2. The lowest BCUT2D eigenvalue weighted by molar-refractivity contribution is -0.931. The smallest absolute Gasteiger partial charge is 0.524 e. The second-order valence-electron chi connectivity index (χ2n) is 23.2. The lowest BCUT2D eigenvalue weighted by Gasteiger charge is -2.59. The molecule has 2 aromatic rings. The number of halogens is 1. The van der Waals surface area contributed by atoms with Gasteiger partial charge >= 0.3 is 13.8 Å². The third kappa shape index (κ3) is 13.5. The maximum Gasteiger partial charge on any atom is 0.524 e. The van der Waals surface area contributed by atoms with Crippen LogP contribution in [-0.4, -0.2) is 119 Å². The first-order chi connectivity index (χ1) is 35.9. The summed E-state index contributed by atoms with van der Waals surface area (Å²) in [5, 5.41) is 26.9. The van der Waals surface area contributed by atoms with E-state index in [9.17, 15) is 34.2 Å². The Labute approximate surface area is 457 Å². The molecule has 6 aliphatic rings. The first kappa shape index (κ1) is 60.3. The Balaban J connectivity index is 0.00000840. The summed E-state index contributed by atoms with van der Waals surface area (Å²) in [5.74, 6) is -1.09. The summed E-state index contributed by atoms with van der Waals surface area (Å²) in [5.41, 5.74) is 0.570. The molecule has 0 spiro atoms. The summed E-state index contributed by atoms with van der Waals surface area (Å²) in [6, 6.07) is 15.2. The van der Waals surface area contributed by atoms with Crippen LogP contribution < -0.4 is 22.2 Å². The minimum absolute atomic E-state index is 0. The zero-order chi connectivity index (χ0) is 53.4. The number of nitrogens with one attached hydrogen (secondary N) is 1. The van der Waals surface area contributed by atoms with Gasteiger partial charge in [0.25, 0.3) is 0 Å². The normalized spacial score (nSPS) is 29.6. The molecule has 10 atom stereocenters. The molecule has 4 unspecified atom stereocenters. The van der Waals surface area contributed by atoms with Crippen molar-refractivity contribution in [3.8, 4) is 5.75 Å². The molecule has 0 amide bonds. The lowest BCUT2D eigenvalue weighted by atomic mass is 9.46. The van der Waals surface area contributed by atoms with E-state index in [-0.39, 0.29) is 77.5 Å². The number of likely N-dealkylation sites (N-methyl/N-ethyl adjacent to an activating group) is 1. The molecule has 5 aliphatic carbocycles. The van der Waals surface area contributed by atoms with Crippen LogP contribution in [0.1, 0.15) is 147 Å². The van der Waals surface area contributed by atoms with Crippen molar-refractivity contribution < 1.29 is 79.3 Å². The fraction of sp³-hybridized carbons (Fsp3) is 0.678. The molecule has 4 saturated carbocycles. The van der Waals surface area contributed by atoms with E-state index in [0.29, 0.717) is 43.6 Å². The van der Waals surface area contributed by atoms with Gasteiger partial charge < -0.3 is 55.9 Å². The number of hydrogen-bond acceptors (Lipinski definition) is 12. The van der Waals surface area contributed by atoms with Gasteiger partial charge in [-0.15, -0.1) is 0 Å². The number of carbonyl (C=O) groups excluding carboxylic acids is 3. The van der Waals surface area contributed by atoms with Gasteiger partial charge in [0.15, 0.2) is 30.8 Å². The van der Waals surface area contributed by atoms with E-state index in [1.165, 1.54) is 11.6 Å². The Kier molecular flexibility index (Phi) is 20.9. The fourth-order valence-corrected chi connectivity index (χ4v) is 14.9. The van der Waals surface area contributed by atoms with Gasteiger partial charge in [0, 0.05) is 48.0 Å². The van der Waals surface area contributed by atoms with Gasteiger partial charge in [-0.3, -0.25) is 19.4 Å². The first-order valence-corrected chi connectivity index (χ1v) is 29.8. The van der Waals surface area contributed by atoms with Crippen molar-refractivity contribution in [1.82, 2.24) is 5.32 Å². The molecule has 5 fully saturated rings. The largest absolute Gasteiger partial charge is 1.00 e. The quantitative estimate of drug-likeness (QED) is 0.0310. The highest BCUT2D eigenvalue weighted by Gasteiger charge is 2.76. The van der Waals surface area contributed by atoms with Crippen molar-refractivity contribution in [3.05, 3.63) is 89.0 Å². The molecule has 76 heavy (non-hydrogen) atoms. The lowest BCUT2D eigenvalue weighted by Crippen LogP contribution is -3.00. The maximum absolute atomic E-state index is 15.2. The molecule has 422 valence electrons. The van der Waals surface area contributed by atoms with Crippen molar-refractivity contribution in [2.75, 3.05) is 52.5 Å². The number of aryl methyl sites for hydroxylation is 1. The van der Waals surface area contributed by atoms with Crippen LogP contribution in [0.15, 0.2) is 72.3 Å². The van der Waals surface area contributed by atoms with Crippen molar-refractivity contribution in [2.45, 2.75) is 167 Å². The minimum atomic E-state index is -4.99. The number of aliphatic hydroxyl groups is 2. The average Bonchev–Trinajstić information content (AvgIpc) is 3.90. The van der Waals surface area contributed by atoms with Crippen LogP contribution in [-0.2, 0) is 50.9 Å². The maximum atomic E-state index is 15.2. The van der Waals surface area contributed by atoms with Crippen molar-refractivity contribution in [3.63, 3.8) is 0 Å². The molecule has 15 nitrogen and oxygen atoms in total. The Morgan fingerprint density at radius 2 is 1.67 bits per heavy atom. The molecule has 8 rings (SSSR count). The van der Waals surface area contributed by atoms with Gasteiger partial charge in [-0.25, -0.2) is 9.36 Å². The van der Waals surface area contributed by atoms with Gasteiger partial charge in [0.1, 0.15) is 12.3 Å². The van der Waals surface area contributed by atoms with Crippen molar-refractivity contribution in [1.29, 1.82) is 0 Å². The van der Waals surface area contributed by atoms with Gasteiger partial charge in [-0.05, 0) is 138 Å². The monoisotopic (exact) mass is 1100 g/mol. The predicted octanol–water partition coefficient (Wildman–Crippen LogP) is 5.80. The fourth-order valence-electron chi connectivity index (χ4n) is 14.5. The third-order valence-corrected chi connectivity index (χ3v) is 19.1. The summed E-state index contributed by atoms with van der Waals surface area (Å²) < 4.78 is 43.3. The molecule has 0 aromatic heterocycles. The summed E-state index contributed by atoms with van der Waals surface area (Å²) in [4.78, 5) is 61.6. The minimum Gasteiger partial charge on any atom is -1.00 e. The summed E-state index contributed by atoms with van der Waals surface area (Å²) in [7, 11) is -4.99. The van der Waals surface area contributed by atoms with Crippen LogP contribution in [0, 0.1) is 34.5 Å². The van der Waals surface area contributed by atoms with Crippen molar-refractivity contribution >= 4 is 25.4 Å². The van der Waals surface area contributed by atoms with E-state index in [0.717, 1.165) is 109 Å². The van der Waals surface area contributed by atoms with E-state index in [4.69, 9.17) is 23.5 Å². The zero-order valence-corrected chi connectivity index (χ0v) is 47.0. The molecular formula is C59H86ClN2O13P. The van der Waals surface area contributed by atoms with Crippen LogP contribution >= 0.6 is 7.82 Å². The Bertz CT molecular complexity index is 2390. The standard InChI is InChI=1S/C59H85N2O13P.ClH/c1-5-61(6-2,38-44-33-43(24-27-51(44)74-75(67,68)69)50(64)37-60-30-16-7-8-17-31-70-32-18-15-21-41-19-11-9-12-20-41)39-54(66)71-40-52(65)59-53(72-56(73-59)42-22-13-10-14-23-42)35-48-47-26-25-45-34-46(62)28-29-57(45,3)55(47)49(63)36-58(48,59)4;/h9,11-12,19-20,24,27-29,33-34,42,47-50,53,55-56,60,63-64H,5-8,10,13-18,21-23,25-26,30-32,35-40H2,1-4H3,(H-,67,68,69);1H/t47?,48?,49-,50?,53+,55?,56+,57-,58-,59+;/m0./s1. The van der Waals surface area contributed by atoms with Crippen LogP contribution in [0.4, 0.5) is 0 Å². The highest BCUT2D eigenvalue weighted by molar-refractivity contribution is 7.46. The zero-order valence-electron chi connectivity index (χ0n) is 45.4. The number of esters is 1. The first-order valence-electron chi connectivity index (χ1n) is 28.3. The highest BCUT2D eigenvalue weighted by atomic mass is 35.5. The topological polar surface area (TPSA) is 207 Å². The van der Waals surface area contributed by atoms with E-state index in [2.05, 4.69) is 43.4 Å². The number of nitrogens with zero attached hydrogens (tertiary/aromatic N) is 1. The number of allylic oxidation sites excluding steroid dienone is 4. The number of hydrogen-bond donors (Lipinski definition) is 5. The predicted molar refractivity (Wildman–Crippen MR) is 284 cm³/mol. The molecule has 1 aliphatic heterocycles. The second-order valence-corrected chi connectivity index (χ2v) is 24.4. The molecule has 1 saturated heterocycles. The van der Waals surface area contributed by atoms with Gasteiger partial charge in [-0.1, -0.05) is 94.0 Å². The van der Waals surface area contributed by atoms with Gasteiger partial charge in [0.2, 0.25) is 5.78 Å². The SMILES string of the molecule is CC[N+](CC)(CC(=O)OCC(=O)[C@@]12O[C@H](C3CCCCC3)O[C@@H]1CC1C3CCC4=CC(=O)C=C[C@]4(C)C3[C@@H](O)C[C@@]12C)Cc1cc(C(O)CNCCCCCCOCCCCc2ccccc2)ccc1OP(=O)(O)O.[Cl-]. The number of phosphoric acid groups is 1. The Morgan fingerprint density at radius 1 is 0.947 bits per heavy atom. The van der Waals surface area contributed by atoms with Crippen LogP contribution in [0.5, 0.6) is 5.75 Å². The molecule has 5 N–H and O–H groups in total. The van der Waals surface area contributed by atoms with E-state index in [1.54, 1.807) is 24.3 Å². The van der Waals surface area contributed by atoms with E-state index >= 15 is 4.79 Å². The molecule has 2 aromatic carbocycles. The molecular weight excluding hydrogens is 1010 g/mol. The number of ether oxygens (including phenoxy) is 4. The van der Waals surface area contributed by atoms with Crippen LogP contribution in [0.2, 0.25) is 0 Å². The molecule has 0 radical (unpaired) electrons. The number of benzene rings is 2. The second kappa shape index (κ2) is 26.3. The van der Waals surface area contributed by atoms with E-state index < -0.39 is 61.4 Å². The van der Waals surface area contributed by atoms with Gasteiger partial charge in [-0.2, -0.15) is 0 Å². The number of phosphoric ester groups is 1. The van der Waals surface area contributed by atoms with Crippen LogP contribution in [0.25, 0.3) is 0 Å². The van der Waals surface area contributed by atoms with E-state index in [1.807, 2.05) is 26.0 Å². The third-order valence-electron chi connectivity index (χ3n) is 18.6. The number of rotatable bonds is 27. The van der Waals surface area contributed by atoms with Gasteiger partial charge in [0.05, 0.1) is 31.4 Å². The highest BCUT2D eigenvalue weighted by Crippen LogP contribution is 2.70. The summed E-state index contributed by atoms with van der Waals surface area (Å²) in [6.07, 6.45) is 17.2. The Hall–Kier alpha value is -3.31. The van der Waals surface area contributed by atoms with Crippen LogP contribution in [0.3, 0.4) is 0 Å². The number of fused-ring (bicyclic) bond motifs is 7. The number of carbonyl (C=O) groups is 3. The number of Topliss-reactive ketones (excluding diaryl/α,β-unsaturated/α-hetero) is 1. The number of quaternary nitrogens is 1. The van der Waals surface area contributed by atoms with Crippen molar-refractivity contribution in [2.24, 2.45) is 34.5 Å².